The number of nitriles is 1. The SMILES string of the molecule is N#Cc1c(F)ccc(-c2ccc(N)cc2)c1Cl. The van der Waals surface area contributed by atoms with Crippen LogP contribution in [0.15, 0.2) is 36.4 Å². The van der Waals surface area contributed by atoms with Gasteiger partial charge in [-0.3, -0.25) is 0 Å². The summed E-state index contributed by atoms with van der Waals surface area (Å²) in [6.45, 7) is 0. The second-order valence-corrected chi connectivity index (χ2v) is 3.90. The lowest BCUT2D eigenvalue weighted by atomic mass is 10.0. The van der Waals surface area contributed by atoms with Crippen molar-refractivity contribution in [1.29, 1.82) is 5.26 Å². The molecule has 0 atom stereocenters. The molecule has 2 N–H and O–H groups in total. The molecular weight excluding hydrogens is 239 g/mol. The van der Waals surface area contributed by atoms with Crippen molar-refractivity contribution in [2.45, 2.75) is 0 Å². The Kier molecular flexibility index (Phi) is 2.99. The minimum absolute atomic E-state index is 0.122. The van der Waals surface area contributed by atoms with Crippen molar-refractivity contribution >= 4 is 17.3 Å². The number of anilines is 1. The molecule has 0 heterocycles. The molecule has 0 aliphatic heterocycles. The van der Waals surface area contributed by atoms with E-state index in [1.807, 2.05) is 0 Å². The van der Waals surface area contributed by atoms with E-state index >= 15 is 0 Å². The summed E-state index contributed by atoms with van der Waals surface area (Å²) in [5, 5.41) is 8.94. The lowest BCUT2D eigenvalue weighted by Crippen LogP contribution is -1.90. The molecule has 0 aliphatic carbocycles. The molecule has 84 valence electrons. The van der Waals surface area contributed by atoms with E-state index in [0.29, 0.717) is 11.3 Å². The highest BCUT2D eigenvalue weighted by atomic mass is 35.5. The van der Waals surface area contributed by atoms with Gasteiger partial charge in [0.2, 0.25) is 0 Å². The fourth-order valence-electron chi connectivity index (χ4n) is 1.54. The number of nitrogens with zero attached hydrogens (tertiary/aromatic N) is 1. The van der Waals surface area contributed by atoms with Crippen LogP contribution >= 0.6 is 11.6 Å². The summed E-state index contributed by atoms with van der Waals surface area (Å²) in [6, 6.07) is 11.5. The number of rotatable bonds is 1. The topological polar surface area (TPSA) is 49.8 Å². The predicted molar refractivity (Wildman–Crippen MR) is 66.0 cm³/mol. The Hall–Kier alpha value is -2.05. The second-order valence-electron chi connectivity index (χ2n) is 3.52. The molecule has 2 rings (SSSR count). The van der Waals surface area contributed by atoms with E-state index in [-0.39, 0.29) is 10.6 Å². The van der Waals surface area contributed by atoms with Crippen LogP contribution in [0.4, 0.5) is 10.1 Å². The molecule has 0 saturated heterocycles. The zero-order chi connectivity index (χ0) is 12.4. The minimum atomic E-state index is -0.614. The average molecular weight is 247 g/mol. The molecule has 17 heavy (non-hydrogen) atoms. The quantitative estimate of drug-likeness (QED) is 0.782. The third-order valence-electron chi connectivity index (χ3n) is 2.42. The Morgan fingerprint density at radius 2 is 1.76 bits per heavy atom. The number of benzene rings is 2. The molecule has 2 aromatic rings. The first-order chi connectivity index (χ1) is 8.13. The third kappa shape index (κ3) is 2.08. The van der Waals surface area contributed by atoms with Crippen LogP contribution in [0.5, 0.6) is 0 Å². The van der Waals surface area contributed by atoms with E-state index in [0.717, 1.165) is 5.56 Å². The summed E-state index contributed by atoms with van der Waals surface area (Å²) in [4.78, 5) is 0. The summed E-state index contributed by atoms with van der Waals surface area (Å²) < 4.78 is 13.3. The van der Waals surface area contributed by atoms with Gasteiger partial charge in [0.25, 0.3) is 0 Å². The molecule has 0 amide bonds. The standard InChI is InChI=1S/C13H8ClFN2/c14-13-10(5-6-12(15)11(13)7-16)8-1-3-9(17)4-2-8/h1-6H,17H2. The minimum Gasteiger partial charge on any atom is -0.399 e. The lowest BCUT2D eigenvalue weighted by Gasteiger charge is -2.06. The van der Waals surface area contributed by atoms with Gasteiger partial charge < -0.3 is 5.73 Å². The first-order valence-corrected chi connectivity index (χ1v) is 5.25. The fourth-order valence-corrected chi connectivity index (χ4v) is 1.85. The Labute approximate surface area is 103 Å². The van der Waals surface area contributed by atoms with E-state index in [1.165, 1.54) is 6.07 Å². The van der Waals surface area contributed by atoms with Crippen molar-refractivity contribution in [3.8, 4) is 17.2 Å². The van der Waals surface area contributed by atoms with Crippen LogP contribution in [0.2, 0.25) is 5.02 Å². The fraction of sp³-hybridized carbons (Fsp3) is 0. The number of hydrogen-bond acceptors (Lipinski definition) is 2. The van der Waals surface area contributed by atoms with Crippen LogP contribution in [0, 0.1) is 17.1 Å². The molecule has 0 aromatic heterocycles. The van der Waals surface area contributed by atoms with Crippen LogP contribution in [-0.4, -0.2) is 0 Å². The molecule has 4 heteroatoms. The van der Waals surface area contributed by atoms with Crippen LogP contribution in [0.1, 0.15) is 5.56 Å². The van der Waals surface area contributed by atoms with E-state index in [4.69, 9.17) is 22.6 Å². The maximum atomic E-state index is 13.3. The third-order valence-corrected chi connectivity index (χ3v) is 2.82. The number of hydrogen-bond donors (Lipinski definition) is 1. The molecule has 0 radical (unpaired) electrons. The van der Waals surface area contributed by atoms with E-state index < -0.39 is 5.82 Å². The molecule has 2 aromatic carbocycles. The summed E-state index contributed by atoms with van der Waals surface area (Å²) >= 11 is 5.99. The molecule has 0 saturated carbocycles. The maximum Gasteiger partial charge on any atom is 0.142 e. The van der Waals surface area contributed by atoms with Crippen LogP contribution in [0.3, 0.4) is 0 Å². The zero-order valence-corrected chi connectivity index (χ0v) is 9.50. The first-order valence-electron chi connectivity index (χ1n) is 4.87. The van der Waals surface area contributed by atoms with E-state index in [9.17, 15) is 4.39 Å². The van der Waals surface area contributed by atoms with Gasteiger partial charge >= 0.3 is 0 Å². The Morgan fingerprint density at radius 3 is 2.35 bits per heavy atom. The number of nitrogens with two attached hydrogens (primary N) is 1. The molecule has 0 aliphatic rings. The molecular formula is C13H8ClFN2. The van der Waals surface area contributed by atoms with Crippen LogP contribution in [0.25, 0.3) is 11.1 Å². The van der Waals surface area contributed by atoms with Gasteiger partial charge in [0.15, 0.2) is 0 Å². The summed E-state index contributed by atoms with van der Waals surface area (Å²) in [6.07, 6.45) is 0. The highest BCUT2D eigenvalue weighted by Crippen LogP contribution is 2.32. The normalized spacial score (nSPS) is 9.94. The molecule has 0 bridgehead atoms. The van der Waals surface area contributed by atoms with E-state index in [2.05, 4.69) is 0 Å². The van der Waals surface area contributed by atoms with Gasteiger partial charge in [-0.25, -0.2) is 4.39 Å². The highest BCUT2D eigenvalue weighted by molar-refractivity contribution is 6.34. The van der Waals surface area contributed by atoms with Gasteiger partial charge in [-0.05, 0) is 29.8 Å². The molecule has 2 nitrogen and oxygen atoms in total. The van der Waals surface area contributed by atoms with Crippen LogP contribution in [-0.2, 0) is 0 Å². The van der Waals surface area contributed by atoms with Gasteiger partial charge in [0.05, 0.1) is 5.02 Å². The zero-order valence-electron chi connectivity index (χ0n) is 8.74. The smallest absolute Gasteiger partial charge is 0.142 e. The van der Waals surface area contributed by atoms with Crippen molar-refractivity contribution in [3.05, 3.63) is 52.8 Å². The van der Waals surface area contributed by atoms with Gasteiger partial charge in [0.1, 0.15) is 17.4 Å². The van der Waals surface area contributed by atoms with Crippen molar-refractivity contribution in [2.75, 3.05) is 5.73 Å². The Balaban J connectivity index is 2.61. The Bertz CT molecular complexity index is 600. The molecule has 0 fully saturated rings. The van der Waals surface area contributed by atoms with Crippen molar-refractivity contribution < 1.29 is 4.39 Å². The average Bonchev–Trinajstić information content (AvgIpc) is 2.31. The van der Waals surface area contributed by atoms with Gasteiger partial charge in [0, 0.05) is 11.3 Å². The highest BCUT2D eigenvalue weighted by Gasteiger charge is 2.12. The monoisotopic (exact) mass is 246 g/mol. The van der Waals surface area contributed by atoms with E-state index in [1.54, 1.807) is 36.4 Å². The molecule has 0 unspecified atom stereocenters. The van der Waals surface area contributed by atoms with Crippen LogP contribution < -0.4 is 5.73 Å². The van der Waals surface area contributed by atoms with Gasteiger partial charge in [-0.2, -0.15) is 5.26 Å². The Morgan fingerprint density at radius 1 is 1.12 bits per heavy atom. The summed E-state index contributed by atoms with van der Waals surface area (Å²) in [7, 11) is 0. The summed E-state index contributed by atoms with van der Waals surface area (Å²) in [5.74, 6) is -0.614. The van der Waals surface area contributed by atoms with Gasteiger partial charge in [-0.1, -0.05) is 23.7 Å². The lowest BCUT2D eigenvalue weighted by molar-refractivity contribution is 0.624. The number of halogens is 2. The van der Waals surface area contributed by atoms with Crippen molar-refractivity contribution in [3.63, 3.8) is 0 Å². The largest absolute Gasteiger partial charge is 0.399 e. The molecule has 0 spiro atoms. The maximum absolute atomic E-state index is 13.3. The summed E-state index contributed by atoms with van der Waals surface area (Å²) in [5.41, 5.74) is 7.48. The predicted octanol–water partition coefficient (Wildman–Crippen LogP) is 3.60. The first kappa shape index (κ1) is 11.4. The van der Waals surface area contributed by atoms with Crippen molar-refractivity contribution in [2.24, 2.45) is 0 Å². The second kappa shape index (κ2) is 4.44. The van der Waals surface area contributed by atoms with Gasteiger partial charge in [-0.15, -0.1) is 0 Å². The number of nitrogen functional groups attached to an aromatic ring is 1. The van der Waals surface area contributed by atoms with Crippen molar-refractivity contribution in [1.82, 2.24) is 0 Å².